The Balaban J connectivity index is 3.11. The fourth-order valence-electron chi connectivity index (χ4n) is 1.01. The second-order valence-electron chi connectivity index (χ2n) is 2.73. The number of aromatic hydroxyl groups is 1. The molecule has 0 fully saturated rings. The van der Waals surface area contributed by atoms with Crippen LogP contribution >= 0.6 is 11.6 Å². The number of aliphatic carboxylic acids is 1. The monoisotopic (exact) mass is 228 g/mol. The van der Waals surface area contributed by atoms with E-state index in [4.69, 9.17) is 21.4 Å². The quantitative estimate of drug-likeness (QED) is 0.778. The molecule has 5 heteroatoms. The maximum atomic E-state index is 10.3. The molecule has 0 unspecified atom stereocenters. The molecule has 0 saturated heterocycles. The molecule has 4 nitrogen and oxygen atoms in total. The van der Waals surface area contributed by atoms with E-state index in [1.54, 1.807) is 0 Å². The van der Waals surface area contributed by atoms with Crippen LogP contribution in [0.1, 0.15) is 5.56 Å². The zero-order valence-corrected chi connectivity index (χ0v) is 8.65. The number of methoxy groups -OCH3 is 1. The standard InChI is InChI=1S/C10H9ClO4/c1-15-8-5-6(2-3-9(12)13)4-7(11)10(8)14/h2-5,14H,1H3,(H,12,13)/b3-2-. The summed E-state index contributed by atoms with van der Waals surface area (Å²) in [5.41, 5.74) is 0.539. The Morgan fingerprint density at radius 2 is 2.20 bits per heavy atom. The predicted molar refractivity (Wildman–Crippen MR) is 56.3 cm³/mol. The minimum atomic E-state index is -1.06. The van der Waals surface area contributed by atoms with Gasteiger partial charge in [0.15, 0.2) is 11.5 Å². The molecule has 0 saturated carbocycles. The Morgan fingerprint density at radius 1 is 1.53 bits per heavy atom. The summed E-state index contributed by atoms with van der Waals surface area (Å²) < 4.78 is 4.86. The Bertz CT molecular complexity index is 412. The van der Waals surface area contributed by atoms with Gasteiger partial charge in [-0.3, -0.25) is 0 Å². The molecule has 0 radical (unpaired) electrons. The van der Waals surface area contributed by atoms with Crippen molar-refractivity contribution in [2.75, 3.05) is 7.11 Å². The molecule has 2 N–H and O–H groups in total. The van der Waals surface area contributed by atoms with Gasteiger partial charge in [-0.25, -0.2) is 4.79 Å². The summed E-state index contributed by atoms with van der Waals surface area (Å²) in [6.07, 6.45) is 2.33. The van der Waals surface area contributed by atoms with Gasteiger partial charge in [0.2, 0.25) is 0 Å². The summed E-state index contributed by atoms with van der Waals surface area (Å²) in [6.45, 7) is 0. The van der Waals surface area contributed by atoms with E-state index in [0.29, 0.717) is 5.56 Å². The molecule has 0 spiro atoms. The van der Waals surface area contributed by atoms with Crippen molar-refractivity contribution in [1.82, 2.24) is 0 Å². The van der Waals surface area contributed by atoms with E-state index in [1.807, 2.05) is 0 Å². The molecular formula is C10H9ClO4. The number of carbonyl (C=O) groups is 1. The third-order valence-electron chi connectivity index (χ3n) is 1.69. The number of phenols is 1. The number of rotatable bonds is 3. The molecule has 0 aliphatic rings. The van der Waals surface area contributed by atoms with Crippen LogP contribution in [0.4, 0.5) is 0 Å². The Hall–Kier alpha value is -1.68. The lowest BCUT2D eigenvalue weighted by Gasteiger charge is -2.05. The van der Waals surface area contributed by atoms with Crippen LogP contribution in [0.25, 0.3) is 6.08 Å². The van der Waals surface area contributed by atoms with Crippen LogP contribution in [0, 0.1) is 0 Å². The highest BCUT2D eigenvalue weighted by atomic mass is 35.5. The van der Waals surface area contributed by atoms with Crippen molar-refractivity contribution in [2.45, 2.75) is 0 Å². The van der Waals surface area contributed by atoms with Crippen LogP contribution in [-0.2, 0) is 4.79 Å². The molecule has 0 amide bonds. The van der Waals surface area contributed by atoms with Crippen molar-refractivity contribution < 1.29 is 19.7 Å². The summed E-state index contributed by atoms with van der Waals surface area (Å²) in [4.78, 5) is 10.3. The lowest BCUT2D eigenvalue weighted by atomic mass is 10.2. The highest BCUT2D eigenvalue weighted by Gasteiger charge is 2.07. The highest BCUT2D eigenvalue weighted by molar-refractivity contribution is 6.32. The number of benzene rings is 1. The van der Waals surface area contributed by atoms with E-state index in [1.165, 1.54) is 25.3 Å². The van der Waals surface area contributed by atoms with E-state index >= 15 is 0 Å². The van der Waals surface area contributed by atoms with Crippen molar-refractivity contribution in [3.05, 3.63) is 28.8 Å². The van der Waals surface area contributed by atoms with Crippen molar-refractivity contribution >= 4 is 23.6 Å². The maximum absolute atomic E-state index is 10.3. The molecule has 0 bridgehead atoms. The third kappa shape index (κ3) is 2.89. The van der Waals surface area contributed by atoms with E-state index in [2.05, 4.69) is 0 Å². The van der Waals surface area contributed by atoms with Gasteiger partial charge < -0.3 is 14.9 Å². The SMILES string of the molecule is COc1cc(/C=C\C(=O)O)cc(Cl)c1O. The van der Waals surface area contributed by atoms with Gasteiger partial charge in [-0.1, -0.05) is 11.6 Å². The van der Waals surface area contributed by atoms with E-state index in [-0.39, 0.29) is 16.5 Å². The predicted octanol–water partition coefficient (Wildman–Crippen LogP) is 2.15. The zero-order chi connectivity index (χ0) is 11.4. The van der Waals surface area contributed by atoms with Gasteiger partial charge in [-0.15, -0.1) is 0 Å². The van der Waals surface area contributed by atoms with Crippen molar-refractivity contribution in [3.63, 3.8) is 0 Å². The van der Waals surface area contributed by atoms with Gasteiger partial charge in [0.25, 0.3) is 0 Å². The molecule has 0 atom stereocenters. The Labute approximate surface area is 91.4 Å². The number of phenolic OH excluding ortho intramolecular Hbond substituents is 1. The van der Waals surface area contributed by atoms with Crippen LogP contribution in [0.2, 0.25) is 5.02 Å². The van der Waals surface area contributed by atoms with Crippen molar-refractivity contribution in [3.8, 4) is 11.5 Å². The molecule has 80 valence electrons. The lowest BCUT2D eigenvalue weighted by molar-refractivity contribution is -0.131. The number of halogens is 1. The normalized spacial score (nSPS) is 10.5. The summed E-state index contributed by atoms with van der Waals surface area (Å²) in [5, 5.41) is 17.9. The summed E-state index contributed by atoms with van der Waals surface area (Å²) in [7, 11) is 1.38. The van der Waals surface area contributed by atoms with Crippen LogP contribution in [0.5, 0.6) is 11.5 Å². The summed E-state index contributed by atoms with van der Waals surface area (Å²) in [5.74, 6) is -1.02. The molecule has 1 aromatic rings. The van der Waals surface area contributed by atoms with Gasteiger partial charge in [-0.05, 0) is 23.8 Å². The van der Waals surface area contributed by atoms with Crippen LogP contribution in [0.3, 0.4) is 0 Å². The van der Waals surface area contributed by atoms with Crippen LogP contribution in [-0.4, -0.2) is 23.3 Å². The molecular weight excluding hydrogens is 220 g/mol. The second kappa shape index (κ2) is 4.70. The molecule has 0 aliphatic carbocycles. The lowest BCUT2D eigenvalue weighted by Crippen LogP contribution is -1.88. The van der Waals surface area contributed by atoms with Gasteiger partial charge in [0, 0.05) is 6.08 Å². The highest BCUT2D eigenvalue weighted by Crippen LogP contribution is 2.35. The second-order valence-corrected chi connectivity index (χ2v) is 3.13. The summed E-state index contributed by atoms with van der Waals surface area (Å²) in [6, 6.07) is 2.93. The third-order valence-corrected chi connectivity index (χ3v) is 1.98. The molecule has 0 heterocycles. The Morgan fingerprint density at radius 3 is 2.73 bits per heavy atom. The van der Waals surface area contributed by atoms with Crippen LogP contribution in [0.15, 0.2) is 18.2 Å². The average Bonchev–Trinajstić information content (AvgIpc) is 2.19. The number of hydrogen-bond acceptors (Lipinski definition) is 3. The summed E-state index contributed by atoms with van der Waals surface area (Å²) >= 11 is 5.70. The fourth-order valence-corrected chi connectivity index (χ4v) is 1.23. The Kier molecular flexibility index (Phi) is 3.57. The maximum Gasteiger partial charge on any atom is 0.328 e. The number of ether oxygens (including phenoxy) is 1. The number of carboxylic acid groups (broad SMARTS) is 1. The van der Waals surface area contributed by atoms with Crippen molar-refractivity contribution in [1.29, 1.82) is 0 Å². The van der Waals surface area contributed by atoms with E-state index < -0.39 is 5.97 Å². The zero-order valence-electron chi connectivity index (χ0n) is 7.90. The first-order valence-electron chi connectivity index (χ1n) is 4.02. The van der Waals surface area contributed by atoms with Crippen LogP contribution < -0.4 is 4.74 Å². The fraction of sp³-hybridized carbons (Fsp3) is 0.100. The first-order chi connectivity index (χ1) is 7.04. The largest absolute Gasteiger partial charge is 0.503 e. The number of hydrogen-bond donors (Lipinski definition) is 2. The molecule has 0 aliphatic heterocycles. The van der Waals surface area contributed by atoms with E-state index in [0.717, 1.165) is 6.08 Å². The first-order valence-corrected chi connectivity index (χ1v) is 4.40. The van der Waals surface area contributed by atoms with Gasteiger partial charge in [-0.2, -0.15) is 0 Å². The smallest absolute Gasteiger partial charge is 0.328 e. The van der Waals surface area contributed by atoms with Gasteiger partial charge in [0.05, 0.1) is 12.1 Å². The van der Waals surface area contributed by atoms with E-state index in [9.17, 15) is 9.90 Å². The molecule has 15 heavy (non-hydrogen) atoms. The molecule has 0 aromatic heterocycles. The minimum Gasteiger partial charge on any atom is -0.503 e. The van der Waals surface area contributed by atoms with Gasteiger partial charge in [0.1, 0.15) is 0 Å². The topological polar surface area (TPSA) is 66.8 Å². The van der Waals surface area contributed by atoms with Gasteiger partial charge >= 0.3 is 5.97 Å². The molecule has 1 aromatic carbocycles. The average molecular weight is 229 g/mol. The minimum absolute atomic E-state index is 0.111. The van der Waals surface area contributed by atoms with Crippen molar-refractivity contribution in [2.24, 2.45) is 0 Å². The first kappa shape index (κ1) is 11.4. The molecule has 1 rings (SSSR count). The number of carboxylic acids is 1.